The van der Waals surface area contributed by atoms with Crippen LogP contribution in [0.15, 0.2) is 55.4 Å². The fourth-order valence-corrected chi connectivity index (χ4v) is 3.76. The lowest BCUT2D eigenvalue weighted by molar-refractivity contribution is -0.256. The standard InChI is InChI=1S/C23H25F3N6O5/c1-3-9-36-21-18(29-22-27-8-7-17(28-22)23(24,25)26)20(34)19(33)16(37-21)12-32-11-15(30-31-32)13-5-4-6-14(10-13)35-2/h3-8,10-11,16,18-21,33-34H,1,9,12H2,2H3,(H,27,28,29)/t16-,18-,19+,20-,21+/m1/s1. The van der Waals surface area contributed by atoms with Crippen molar-refractivity contribution in [2.75, 3.05) is 19.0 Å². The second-order valence-electron chi connectivity index (χ2n) is 8.14. The number of benzene rings is 1. The molecule has 0 radical (unpaired) electrons. The molecule has 0 bridgehead atoms. The zero-order valence-electron chi connectivity index (χ0n) is 19.6. The summed E-state index contributed by atoms with van der Waals surface area (Å²) >= 11 is 0. The van der Waals surface area contributed by atoms with Gasteiger partial charge in [-0.1, -0.05) is 23.4 Å². The van der Waals surface area contributed by atoms with E-state index in [-0.39, 0.29) is 13.2 Å². The van der Waals surface area contributed by atoms with Gasteiger partial charge in [0.2, 0.25) is 5.95 Å². The number of alkyl halides is 3. The first-order chi connectivity index (χ1) is 17.7. The molecule has 0 spiro atoms. The third kappa shape index (κ3) is 6.22. The minimum atomic E-state index is -4.69. The van der Waals surface area contributed by atoms with Gasteiger partial charge in [0.15, 0.2) is 6.29 Å². The minimum absolute atomic E-state index is 0.00404. The van der Waals surface area contributed by atoms with Crippen molar-refractivity contribution < 1.29 is 37.6 Å². The van der Waals surface area contributed by atoms with Crippen LogP contribution in [0.4, 0.5) is 19.1 Å². The zero-order chi connectivity index (χ0) is 26.6. The summed E-state index contributed by atoms with van der Waals surface area (Å²) in [4.78, 5) is 7.21. The largest absolute Gasteiger partial charge is 0.497 e. The summed E-state index contributed by atoms with van der Waals surface area (Å²) in [6.07, 6.45) is -5.86. The van der Waals surface area contributed by atoms with Gasteiger partial charge in [0.25, 0.3) is 0 Å². The molecule has 1 saturated heterocycles. The topological polar surface area (TPSA) is 137 Å². The Balaban J connectivity index is 1.51. The molecule has 3 aromatic rings. The number of hydrogen-bond donors (Lipinski definition) is 3. The number of hydrogen-bond acceptors (Lipinski definition) is 10. The van der Waals surface area contributed by atoms with Crippen molar-refractivity contribution >= 4 is 5.95 Å². The third-order valence-corrected chi connectivity index (χ3v) is 5.59. The highest BCUT2D eigenvalue weighted by Crippen LogP contribution is 2.29. The van der Waals surface area contributed by atoms with Gasteiger partial charge in [-0.05, 0) is 18.2 Å². The van der Waals surface area contributed by atoms with E-state index in [1.807, 2.05) is 6.07 Å². The average molecular weight is 522 g/mol. The van der Waals surface area contributed by atoms with E-state index in [1.54, 1.807) is 31.5 Å². The van der Waals surface area contributed by atoms with Crippen molar-refractivity contribution in [3.8, 4) is 17.0 Å². The van der Waals surface area contributed by atoms with E-state index >= 15 is 0 Å². The summed E-state index contributed by atoms with van der Waals surface area (Å²) in [5.41, 5.74) is 0.134. The van der Waals surface area contributed by atoms with Crippen LogP contribution in [-0.4, -0.2) is 79.5 Å². The summed E-state index contributed by atoms with van der Waals surface area (Å²) in [5.74, 6) is 0.228. The molecule has 0 saturated carbocycles. The normalized spacial score (nSPS) is 24.0. The Morgan fingerprint density at radius 3 is 2.78 bits per heavy atom. The van der Waals surface area contributed by atoms with E-state index in [9.17, 15) is 23.4 Å². The van der Waals surface area contributed by atoms with Crippen LogP contribution in [0.25, 0.3) is 11.3 Å². The summed E-state index contributed by atoms with van der Waals surface area (Å²) in [5, 5.41) is 32.4. The Labute approximate surface area is 209 Å². The van der Waals surface area contributed by atoms with Crippen LogP contribution in [0.2, 0.25) is 0 Å². The molecular weight excluding hydrogens is 497 g/mol. The number of anilines is 1. The summed E-state index contributed by atoms with van der Waals surface area (Å²) in [6.45, 7) is 3.56. The van der Waals surface area contributed by atoms with Gasteiger partial charge in [0, 0.05) is 11.8 Å². The summed E-state index contributed by atoms with van der Waals surface area (Å²) < 4.78 is 57.3. The molecule has 1 aliphatic heterocycles. The Kier molecular flexibility index (Phi) is 8.02. The highest BCUT2D eigenvalue weighted by Gasteiger charge is 2.46. The van der Waals surface area contributed by atoms with E-state index in [4.69, 9.17) is 14.2 Å². The number of nitrogens with one attached hydrogen (secondary N) is 1. The monoisotopic (exact) mass is 522 g/mol. The molecule has 11 nitrogen and oxygen atoms in total. The maximum Gasteiger partial charge on any atom is 0.433 e. The van der Waals surface area contributed by atoms with Gasteiger partial charge >= 0.3 is 6.18 Å². The molecule has 1 aliphatic rings. The SMILES string of the molecule is C=CCO[C@H]1O[C@H](Cn2cc(-c3cccc(OC)c3)nn2)[C@H](O)[C@H](O)[C@H]1Nc1nccc(C(F)(F)F)n1. The Morgan fingerprint density at radius 1 is 1.24 bits per heavy atom. The lowest BCUT2D eigenvalue weighted by Crippen LogP contribution is -2.61. The van der Waals surface area contributed by atoms with Gasteiger partial charge in [0.05, 0.1) is 26.5 Å². The van der Waals surface area contributed by atoms with E-state index in [0.29, 0.717) is 17.5 Å². The van der Waals surface area contributed by atoms with Gasteiger partial charge in [-0.3, -0.25) is 0 Å². The number of aliphatic hydroxyl groups excluding tert-OH is 2. The molecule has 1 fully saturated rings. The van der Waals surface area contributed by atoms with Crippen molar-refractivity contribution in [2.24, 2.45) is 0 Å². The predicted octanol–water partition coefficient (Wildman–Crippen LogP) is 1.89. The van der Waals surface area contributed by atoms with Crippen LogP contribution >= 0.6 is 0 Å². The first kappa shape index (κ1) is 26.5. The fourth-order valence-electron chi connectivity index (χ4n) is 3.76. The minimum Gasteiger partial charge on any atom is -0.497 e. The molecule has 37 heavy (non-hydrogen) atoms. The number of aliphatic hydroxyl groups is 2. The summed E-state index contributed by atoms with van der Waals surface area (Å²) in [7, 11) is 1.55. The molecule has 3 N–H and O–H groups in total. The number of nitrogens with zero attached hydrogens (tertiary/aromatic N) is 5. The number of halogens is 3. The smallest absolute Gasteiger partial charge is 0.433 e. The number of rotatable bonds is 9. The maximum atomic E-state index is 13.0. The Bertz CT molecular complexity index is 1210. The Morgan fingerprint density at radius 2 is 2.05 bits per heavy atom. The van der Waals surface area contributed by atoms with Gasteiger partial charge in [-0.25, -0.2) is 14.6 Å². The molecule has 5 atom stereocenters. The number of methoxy groups -OCH3 is 1. The number of aromatic nitrogens is 5. The lowest BCUT2D eigenvalue weighted by atomic mass is 9.96. The molecule has 0 unspecified atom stereocenters. The molecule has 4 rings (SSSR count). The van der Waals surface area contributed by atoms with E-state index in [0.717, 1.165) is 11.8 Å². The first-order valence-electron chi connectivity index (χ1n) is 11.1. The predicted molar refractivity (Wildman–Crippen MR) is 123 cm³/mol. The van der Waals surface area contributed by atoms with E-state index in [1.165, 1.54) is 10.8 Å². The molecule has 1 aromatic carbocycles. The second kappa shape index (κ2) is 11.2. The zero-order valence-corrected chi connectivity index (χ0v) is 19.6. The van der Waals surface area contributed by atoms with Crippen molar-refractivity contribution in [1.82, 2.24) is 25.0 Å². The molecule has 3 heterocycles. The van der Waals surface area contributed by atoms with Crippen LogP contribution in [0.1, 0.15) is 5.69 Å². The lowest BCUT2D eigenvalue weighted by Gasteiger charge is -2.42. The van der Waals surface area contributed by atoms with Crippen LogP contribution in [0.3, 0.4) is 0 Å². The van der Waals surface area contributed by atoms with E-state index in [2.05, 4.69) is 32.2 Å². The second-order valence-corrected chi connectivity index (χ2v) is 8.14. The fraction of sp³-hybridized carbons (Fsp3) is 0.391. The average Bonchev–Trinajstić information content (AvgIpc) is 3.36. The molecule has 14 heteroatoms. The van der Waals surface area contributed by atoms with Gasteiger partial charge < -0.3 is 29.7 Å². The Hall–Kier alpha value is -3.59. The van der Waals surface area contributed by atoms with Crippen molar-refractivity contribution in [2.45, 2.75) is 43.4 Å². The van der Waals surface area contributed by atoms with Crippen LogP contribution in [0, 0.1) is 0 Å². The molecule has 2 aromatic heterocycles. The third-order valence-electron chi connectivity index (χ3n) is 5.59. The van der Waals surface area contributed by atoms with Crippen molar-refractivity contribution in [1.29, 1.82) is 0 Å². The highest BCUT2D eigenvalue weighted by molar-refractivity contribution is 5.59. The first-order valence-corrected chi connectivity index (χ1v) is 11.1. The van der Waals surface area contributed by atoms with Crippen LogP contribution in [0.5, 0.6) is 5.75 Å². The van der Waals surface area contributed by atoms with Gasteiger partial charge in [0.1, 0.15) is 41.5 Å². The summed E-state index contributed by atoms with van der Waals surface area (Å²) in [6, 6.07) is 6.73. The van der Waals surface area contributed by atoms with Crippen molar-refractivity contribution in [3.63, 3.8) is 0 Å². The van der Waals surface area contributed by atoms with Crippen LogP contribution in [-0.2, 0) is 22.2 Å². The highest BCUT2D eigenvalue weighted by atomic mass is 19.4. The van der Waals surface area contributed by atoms with Gasteiger partial charge in [-0.15, -0.1) is 11.7 Å². The quantitative estimate of drug-likeness (QED) is 0.358. The molecule has 0 aliphatic carbocycles. The van der Waals surface area contributed by atoms with E-state index < -0.39 is 48.5 Å². The number of ether oxygens (including phenoxy) is 3. The molecule has 198 valence electrons. The van der Waals surface area contributed by atoms with Crippen LogP contribution < -0.4 is 10.1 Å². The molecular formula is C23H25F3N6O5. The molecule has 0 amide bonds. The van der Waals surface area contributed by atoms with Crippen molar-refractivity contribution in [3.05, 3.63) is 61.1 Å². The van der Waals surface area contributed by atoms with Gasteiger partial charge in [-0.2, -0.15) is 13.2 Å². The maximum absolute atomic E-state index is 13.0.